The lowest BCUT2D eigenvalue weighted by Gasteiger charge is -2.29. The SMILES string of the molecule is COc1ccc2c(c1)CN(c1nnnn1-c1ccc(C)cc1)CC2. The van der Waals surface area contributed by atoms with Crippen LogP contribution in [0.15, 0.2) is 42.5 Å². The molecule has 0 fully saturated rings. The zero-order valence-corrected chi connectivity index (χ0v) is 13.8. The Morgan fingerprint density at radius 2 is 1.88 bits per heavy atom. The molecular weight excluding hydrogens is 302 g/mol. The summed E-state index contributed by atoms with van der Waals surface area (Å²) in [4.78, 5) is 2.21. The average molecular weight is 321 g/mol. The van der Waals surface area contributed by atoms with Gasteiger partial charge in [0.05, 0.1) is 12.8 Å². The van der Waals surface area contributed by atoms with Gasteiger partial charge in [-0.05, 0) is 59.2 Å². The number of aromatic nitrogens is 4. The van der Waals surface area contributed by atoms with Crippen molar-refractivity contribution in [3.05, 3.63) is 59.2 Å². The number of hydrogen-bond acceptors (Lipinski definition) is 5. The van der Waals surface area contributed by atoms with E-state index in [1.165, 1.54) is 16.7 Å². The van der Waals surface area contributed by atoms with Crippen molar-refractivity contribution in [2.45, 2.75) is 19.9 Å². The van der Waals surface area contributed by atoms with E-state index in [1.807, 2.05) is 18.2 Å². The van der Waals surface area contributed by atoms with E-state index in [2.05, 4.69) is 51.6 Å². The van der Waals surface area contributed by atoms with Crippen molar-refractivity contribution in [2.24, 2.45) is 0 Å². The number of aryl methyl sites for hydroxylation is 1. The molecule has 0 unspecified atom stereocenters. The van der Waals surface area contributed by atoms with Gasteiger partial charge in [0.2, 0.25) is 0 Å². The first-order chi connectivity index (χ1) is 11.7. The van der Waals surface area contributed by atoms with Gasteiger partial charge in [-0.15, -0.1) is 0 Å². The number of nitrogens with zero attached hydrogens (tertiary/aromatic N) is 5. The van der Waals surface area contributed by atoms with Crippen molar-refractivity contribution in [3.63, 3.8) is 0 Å². The molecule has 122 valence electrons. The fraction of sp³-hybridized carbons (Fsp3) is 0.278. The van der Waals surface area contributed by atoms with E-state index in [0.29, 0.717) is 0 Å². The maximum absolute atomic E-state index is 5.35. The highest BCUT2D eigenvalue weighted by molar-refractivity contribution is 5.46. The number of tetrazole rings is 1. The van der Waals surface area contributed by atoms with E-state index in [0.717, 1.165) is 36.9 Å². The van der Waals surface area contributed by atoms with Crippen molar-refractivity contribution in [2.75, 3.05) is 18.6 Å². The zero-order chi connectivity index (χ0) is 16.5. The van der Waals surface area contributed by atoms with E-state index in [1.54, 1.807) is 11.8 Å². The van der Waals surface area contributed by atoms with Gasteiger partial charge in [-0.25, -0.2) is 0 Å². The zero-order valence-electron chi connectivity index (χ0n) is 13.8. The van der Waals surface area contributed by atoms with Crippen molar-refractivity contribution in [1.82, 2.24) is 20.2 Å². The van der Waals surface area contributed by atoms with Crippen molar-refractivity contribution in [1.29, 1.82) is 0 Å². The Morgan fingerprint density at radius 1 is 1.04 bits per heavy atom. The lowest BCUT2D eigenvalue weighted by Crippen LogP contribution is -2.32. The Bertz CT molecular complexity index is 856. The van der Waals surface area contributed by atoms with Crippen LogP contribution in [0.4, 0.5) is 5.95 Å². The number of methoxy groups -OCH3 is 1. The molecule has 0 saturated heterocycles. The fourth-order valence-electron chi connectivity index (χ4n) is 3.06. The molecule has 1 aromatic heterocycles. The number of benzene rings is 2. The molecule has 0 amide bonds. The molecule has 0 bridgehead atoms. The van der Waals surface area contributed by atoms with Crippen molar-refractivity contribution >= 4 is 5.95 Å². The Morgan fingerprint density at radius 3 is 2.67 bits per heavy atom. The van der Waals surface area contributed by atoms with Gasteiger partial charge in [-0.2, -0.15) is 4.68 Å². The molecule has 6 heteroatoms. The van der Waals surface area contributed by atoms with Crippen molar-refractivity contribution < 1.29 is 4.74 Å². The van der Waals surface area contributed by atoms with Crippen LogP contribution < -0.4 is 9.64 Å². The van der Waals surface area contributed by atoms with Gasteiger partial charge in [-0.1, -0.05) is 28.9 Å². The van der Waals surface area contributed by atoms with Crippen LogP contribution >= 0.6 is 0 Å². The quantitative estimate of drug-likeness (QED) is 0.742. The smallest absolute Gasteiger partial charge is 0.250 e. The molecule has 3 aromatic rings. The number of hydrogen-bond donors (Lipinski definition) is 0. The summed E-state index contributed by atoms with van der Waals surface area (Å²) in [5, 5.41) is 12.3. The predicted molar refractivity (Wildman–Crippen MR) is 91.6 cm³/mol. The van der Waals surface area contributed by atoms with Gasteiger partial charge in [0.25, 0.3) is 5.95 Å². The lowest BCUT2D eigenvalue weighted by molar-refractivity contribution is 0.413. The molecule has 1 aliphatic rings. The normalized spacial score (nSPS) is 13.7. The third-order valence-electron chi connectivity index (χ3n) is 4.44. The van der Waals surface area contributed by atoms with Gasteiger partial charge < -0.3 is 9.64 Å². The Balaban J connectivity index is 1.66. The maximum Gasteiger partial charge on any atom is 0.250 e. The summed E-state index contributed by atoms with van der Waals surface area (Å²) in [6, 6.07) is 14.5. The van der Waals surface area contributed by atoms with Crippen LogP contribution in [0.5, 0.6) is 5.75 Å². The summed E-state index contributed by atoms with van der Waals surface area (Å²) >= 11 is 0. The van der Waals surface area contributed by atoms with Gasteiger partial charge in [0.1, 0.15) is 5.75 Å². The van der Waals surface area contributed by atoms with Crippen LogP contribution in [0.1, 0.15) is 16.7 Å². The van der Waals surface area contributed by atoms with Crippen LogP contribution in [0.2, 0.25) is 0 Å². The molecule has 2 aromatic carbocycles. The molecule has 0 saturated carbocycles. The Labute approximate surface area is 140 Å². The molecule has 6 nitrogen and oxygen atoms in total. The molecule has 0 aliphatic carbocycles. The van der Waals surface area contributed by atoms with Crippen LogP contribution in [0.25, 0.3) is 5.69 Å². The Hall–Kier alpha value is -2.89. The second-order valence-electron chi connectivity index (χ2n) is 6.03. The minimum Gasteiger partial charge on any atom is -0.497 e. The summed E-state index contributed by atoms with van der Waals surface area (Å²) in [6.45, 7) is 3.74. The standard InChI is InChI=1S/C18H19N5O/c1-13-3-6-16(7-4-13)23-18(19-20-21-23)22-10-9-14-5-8-17(24-2)11-15(14)12-22/h3-8,11H,9-10,12H2,1-2H3. The second-order valence-corrected chi connectivity index (χ2v) is 6.03. The first-order valence-electron chi connectivity index (χ1n) is 8.01. The number of anilines is 1. The fourth-order valence-corrected chi connectivity index (χ4v) is 3.06. The van der Waals surface area contributed by atoms with Crippen LogP contribution in [-0.2, 0) is 13.0 Å². The first-order valence-corrected chi connectivity index (χ1v) is 8.01. The number of rotatable bonds is 3. The summed E-state index contributed by atoms with van der Waals surface area (Å²) in [5.41, 5.74) is 4.81. The molecule has 1 aliphatic heterocycles. The van der Waals surface area contributed by atoms with Crippen LogP contribution in [0, 0.1) is 6.92 Å². The van der Waals surface area contributed by atoms with Gasteiger partial charge >= 0.3 is 0 Å². The molecule has 2 heterocycles. The average Bonchev–Trinajstić information content (AvgIpc) is 3.11. The molecule has 0 N–H and O–H groups in total. The van der Waals surface area contributed by atoms with Gasteiger partial charge in [-0.3, -0.25) is 0 Å². The summed E-state index contributed by atoms with van der Waals surface area (Å²) in [5.74, 6) is 1.65. The molecule has 0 spiro atoms. The molecular formula is C18H19N5O. The minimum absolute atomic E-state index is 0.771. The van der Waals surface area contributed by atoms with E-state index >= 15 is 0 Å². The summed E-state index contributed by atoms with van der Waals surface area (Å²) in [6.07, 6.45) is 0.972. The van der Waals surface area contributed by atoms with Crippen LogP contribution in [0.3, 0.4) is 0 Å². The predicted octanol–water partition coefficient (Wildman–Crippen LogP) is 2.54. The third kappa shape index (κ3) is 2.60. The van der Waals surface area contributed by atoms with E-state index in [-0.39, 0.29) is 0 Å². The Kier molecular flexibility index (Phi) is 3.65. The second kappa shape index (κ2) is 5.96. The van der Waals surface area contributed by atoms with Crippen LogP contribution in [-0.4, -0.2) is 33.9 Å². The third-order valence-corrected chi connectivity index (χ3v) is 4.44. The van der Waals surface area contributed by atoms with E-state index in [9.17, 15) is 0 Å². The summed E-state index contributed by atoms with van der Waals surface area (Å²) < 4.78 is 7.14. The lowest BCUT2D eigenvalue weighted by atomic mass is 10.00. The van der Waals surface area contributed by atoms with Gasteiger partial charge in [0.15, 0.2) is 0 Å². The largest absolute Gasteiger partial charge is 0.497 e. The monoisotopic (exact) mass is 321 g/mol. The number of ether oxygens (including phenoxy) is 1. The molecule has 0 atom stereocenters. The topological polar surface area (TPSA) is 56.1 Å². The molecule has 4 rings (SSSR count). The van der Waals surface area contributed by atoms with E-state index < -0.39 is 0 Å². The maximum atomic E-state index is 5.35. The first kappa shape index (κ1) is 14.7. The molecule has 0 radical (unpaired) electrons. The van der Waals surface area contributed by atoms with E-state index in [4.69, 9.17) is 4.74 Å². The highest BCUT2D eigenvalue weighted by atomic mass is 16.5. The number of fused-ring (bicyclic) bond motifs is 1. The highest BCUT2D eigenvalue weighted by Crippen LogP contribution is 2.27. The van der Waals surface area contributed by atoms with Crippen molar-refractivity contribution in [3.8, 4) is 11.4 Å². The highest BCUT2D eigenvalue weighted by Gasteiger charge is 2.22. The molecule has 24 heavy (non-hydrogen) atoms. The minimum atomic E-state index is 0.771. The van der Waals surface area contributed by atoms with Gasteiger partial charge in [0, 0.05) is 13.1 Å². The summed E-state index contributed by atoms with van der Waals surface area (Å²) in [7, 11) is 1.69.